The molecule has 1 aliphatic rings. The lowest BCUT2D eigenvalue weighted by Crippen LogP contribution is -2.38. The first kappa shape index (κ1) is 20.4. The quantitative estimate of drug-likeness (QED) is 0.533. The number of carbonyl (C=O) groups excluding carboxylic acids is 1. The van der Waals surface area contributed by atoms with E-state index < -0.39 is 12.3 Å². The summed E-state index contributed by atoms with van der Waals surface area (Å²) in [4.78, 5) is 15.9. The Morgan fingerprint density at radius 2 is 2.10 bits per heavy atom. The monoisotopic (exact) mass is 429 g/mol. The number of aromatic hydroxyl groups is 1. The van der Waals surface area contributed by atoms with Crippen molar-refractivity contribution in [2.45, 2.75) is 19.3 Å². The number of aromatic nitrogens is 2. The third-order valence-electron chi connectivity index (χ3n) is 5.09. The lowest BCUT2D eigenvalue weighted by Gasteiger charge is -2.29. The fourth-order valence-electron chi connectivity index (χ4n) is 3.71. The minimum atomic E-state index is -0.585. The number of fused-ring (bicyclic) bond motifs is 1. The number of nitrogens with zero attached hydrogens (tertiary/aromatic N) is 2. The van der Waals surface area contributed by atoms with E-state index in [2.05, 4.69) is 10.2 Å². The Kier molecular flexibility index (Phi) is 5.76. The maximum Gasteiger partial charge on any atom is 0.275 e. The van der Waals surface area contributed by atoms with E-state index in [9.17, 15) is 9.90 Å². The number of ether oxygens (including phenoxy) is 3. The molecule has 3 heterocycles. The van der Waals surface area contributed by atoms with Crippen molar-refractivity contribution in [2.24, 2.45) is 0 Å². The summed E-state index contributed by atoms with van der Waals surface area (Å²) in [5.41, 5.74) is 2.77. The summed E-state index contributed by atoms with van der Waals surface area (Å²) in [6.07, 6.45) is -0.585. The van der Waals surface area contributed by atoms with Crippen LogP contribution in [0.4, 0.5) is 0 Å². The van der Waals surface area contributed by atoms with Crippen molar-refractivity contribution in [3.05, 3.63) is 52.5 Å². The van der Waals surface area contributed by atoms with Crippen LogP contribution in [-0.2, 0) is 9.47 Å². The van der Waals surface area contributed by atoms with Crippen LogP contribution in [0, 0.1) is 0 Å². The highest BCUT2D eigenvalue weighted by atomic mass is 32.1. The van der Waals surface area contributed by atoms with Crippen molar-refractivity contribution in [1.29, 1.82) is 0 Å². The van der Waals surface area contributed by atoms with Gasteiger partial charge >= 0.3 is 0 Å². The van der Waals surface area contributed by atoms with Gasteiger partial charge in [-0.25, -0.2) is 0 Å². The molecule has 2 N–H and O–H groups in total. The van der Waals surface area contributed by atoms with Crippen molar-refractivity contribution < 1.29 is 24.1 Å². The summed E-state index contributed by atoms with van der Waals surface area (Å²) in [5.74, 6) is 0.209. The van der Waals surface area contributed by atoms with E-state index in [0.29, 0.717) is 18.1 Å². The number of nitrogens with one attached hydrogen (secondary N) is 1. The second kappa shape index (κ2) is 8.47. The number of benzene rings is 1. The van der Waals surface area contributed by atoms with Crippen molar-refractivity contribution in [3.8, 4) is 22.1 Å². The van der Waals surface area contributed by atoms with E-state index in [1.807, 2.05) is 24.4 Å². The highest BCUT2D eigenvalue weighted by Gasteiger charge is 2.43. The maximum atomic E-state index is 13.3. The molecule has 1 atom stereocenters. The topological polar surface area (TPSA) is 96.9 Å². The zero-order valence-corrected chi connectivity index (χ0v) is 17.7. The molecular formula is C21H23N3O5S. The fraction of sp³-hybridized carbons (Fsp3) is 0.333. The minimum Gasteiger partial charge on any atom is -0.504 e. The number of amides is 1. The molecule has 1 amide bonds. The number of hydrogen-bond acceptors (Lipinski definition) is 7. The van der Waals surface area contributed by atoms with E-state index in [1.165, 1.54) is 14.2 Å². The van der Waals surface area contributed by atoms with Gasteiger partial charge in [-0.2, -0.15) is 5.10 Å². The van der Waals surface area contributed by atoms with Crippen molar-refractivity contribution in [2.75, 3.05) is 27.4 Å². The molecule has 0 spiro atoms. The van der Waals surface area contributed by atoms with Gasteiger partial charge < -0.3 is 24.2 Å². The van der Waals surface area contributed by atoms with Crippen molar-refractivity contribution >= 4 is 17.2 Å². The van der Waals surface area contributed by atoms with Gasteiger partial charge in [0.05, 0.1) is 29.8 Å². The first-order chi connectivity index (χ1) is 14.6. The Balaban J connectivity index is 1.85. The number of carbonyl (C=O) groups is 1. The van der Waals surface area contributed by atoms with Crippen LogP contribution in [0.15, 0.2) is 35.7 Å². The van der Waals surface area contributed by atoms with E-state index in [4.69, 9.17) is 14.2 Å². The van der Waals surface area contributed by atoms with E-state index in [1.54, 1.807) is 34.4 Å². The average Bonchev–Trinajstić information content (AvgIpc) is 3.47. The number of thiophene rings is 1. The van der Waals surface area contributed by atoms with Crippen LogP contribution in [0.2, 0.25) is 0 Å². The molecule has 158 valence electrons. The SMILES string of the molecule is CCOc1cc(C2c3c(n[nH]c3-c3cccs3)C(=O)N2CC(OC)OC)ccc1O. The Morgan fingerprint density at radius 3 is 2.77 bits per heavy atom. The predicted octanol–water partition coefficient (Wildman–Crippen LogP) is 3.41. The molecule has 8 nitrogen and oxygen atoms in total. The van der Waals surface area contributed by atoms with Gasteiger partial charge in [-0.15, -0.1) is 11.3 Å². The number of phenols is 1. The van der Waals surface area contributed by atoms with Crippen LogP contribution < -0.4 is 4.74 Å². The molecular weight excluding hydrogens is 406 g/mol. The standard InChI is InChI=1S/C21H23N3O5S/c1-4-29-14-10-12(7-8-13(14)25)20-17-18(15-6-5-9-30-15)22-23-19(17)21(26)24(20)11-16(27-2)28-3/h5-10,16,20,25H,4,11H2,1-3H3,(H,22,23). The molecule has 30 heavy (non-hydrogen) atoms. The molecule has 0 saturated heterocycles. The molecule has 0 fully saturated rings. The predicted molar refractivity (Wildman–Crippen MR) is 112 cm³/mol. The first-order valence-electron chi connectivity index (χ1n) is 9.53. The average molecular weight is 429 g/mol. The molecule has 1 aromatic carbocycles. The van der Waals surface area contributed by atoms with E-state index in [-0.39, 0.29) is 18.2 Å². The van der Waals surface area contributed by atoms with Crippen molar-refractivity contribution in [1.82, 2.24) is 15.1 Å². The molecule has 9 heteroatoms. The highest BCUT2D eigenvalue weighted by Crippen LogP contribution is 2.45. The summed E-state index contributed by atoms with van der Waals surface area (Å²) < 4.78 is 16.3. The fourth-order valence-corrected chi connectivity index (χ4v) is 4.44. The Labute approximate surface area is 178 Å². The summed E-state index contributed by atoms with van der Waals surface area (Å²) in [6, 6.07) is 8.64. The number of aromatic amines is 1. The molecule has 2 aromatic heterocycles. The Bertz CT molecular complexity index is 1030. The van der Waals surface area contributed by atoms with Gasteiger partial charge in [0.2, 0.25) is 0 Å². The molecule has 1 aliphatic heterocycles. The van der Waals surface area contributed by atoms with Gasteiger partial charge in [-0.05, 0) is 36.1 Å². The molecule has 0 aliphatic carbocycles. The molecule has 0 saturated carbocycles. The molecule has 0 bridgehead atoms. The third kappa shape index (κ3) is 3.45. The van der Waals surface area contributed by atoms with Crippen LogP contribution in [0.3, 0.4) is 0 Å². The van der Waals surface area contributed by atoms with Crippen LogP contribution in [0.1, 0.15) is 34.6 Å². The van der Waals surface area contributed by atoms with Crippen molar-refractivity contribution in [3.63, 3.8) is 0 Å². The van der Waals surface area contributed by atoms with Gasteiger partial charge in [0, 0.05) is 19.8 Å². The largest absolute Gasteiger partial charge is 0.504 e. The van der Waals surface area contributed by atoms with Gasteiger partial charge in [-0.3, -0.25) is 9.89 Å². The third-order valence-corrected chi connectivity index (χ3v) is 5.98. The second-order valence-electron chi connectivity index (χ2n) is 6.76. The van der Waals surface area contributed by atoms with Gasteiger partial charge in [0.15, 0.2) is 23.5 Å². The summed E-state index contributed by atoms with van der Waals surface area (Å²) in [6.45, 7) is 2.49. The van der Waals surface area contributed by atoms with Crippen LogP contribution in [0.25, 0.3) is 10.6 Å². The number of rotatable bonds is 8. The molecule has 0 radical (unpaired) electrons. The highest BCUT2D eigenvalue weighted by molar-refractivity contribution is 7.13. The van der Waals surface area contributed by atoms with Crippen LogP contribution in [-0.4, -0.2) is 59.8 Å². The number of methoxy groups -OCH3 is 2. The molecule has 4 rings (SSSR count). The molecule has 1 unspecified atom stereocenters. The summed E-state index contributed by atoms with van der Waals surface area (Å²) in [5, 5.41) is 19.5. The summed E-state index contributed by atoms with van der Waals surface area (Å²) >= 11 is 1.57. The number of H-pyrrole nitrogens is 1. The minimum absolute atomic E-state index is 0.0500. The zero-order chi connectivity index (χ0) is 21.3. The normalized spacial score (nSPS) is 15.8. The smallest absolute Gasteiger partial charge is 0.275 e. The molecule has 3 aromatic rings. The van der Waals surface area contributed by atoms with E-state index in [0.717, 1.165) is 21.7 Å². The number of hydrogen-bond donors (Lipinski definition) is 2. The Hall–Kier alpha value is -2.88. The van der Waals surface area contributed by atoms with Gasteiger partial charge in [0.25, 0.3) is 5.91 Å². The number of phenolic OH excluding ortho intramolecular Hbond substituents is 1. The van der Waals surface area contributed by atoms with Crippen LogP contribution >= 0.6 is 11.3 Å². The maximum absolute atomic E-state index is 13.3. The Morgan fingerprint density at radius 1 is 1.30 bits per heavy atom. The lowest BCUT2D eigenvalue weighted by atomic mass is 9.97. The summed E-state index contributed by atoms with van der Waals surface area (Å²) in [7, 11) is 3.07. The lowest BCUT2D eigenvalue weighted by molar-refractivity contribution is -0.113. The van der Waals surface area contributed by atoms with Gasteiger partial charge in [0.1, 0.15) is 0 Å². The first-order valence-corrected chi connectivity index (χ1v) is 10.4. The second-order valence-corrected chi connectivity index (χ2v) is 7.71. The van der Waals surface area contributed by atoms with Crippen LogP contribution in [0.5, 0.6) is 11.5 Å². The van der Waals surface area contributed by atoms with E-state index >= 15 is 0 Å². The zero-order valence-electron chi connectivity index (χ0n) is 16.9. The van der Waals surface area contributed by atoms with Gasteiger partial charge in [-0.1, -0.05) is 12.1 Å².